The highest BCUT2D eigenvalue weighted by molar-refractivity contribution is 7.89. The Kier molecular flexibility index (Phi) is 4.16. The van der Waals surface area contributed by atoms with Gasteiger partial charge in [-0.2, -0.15) is 22.9 Å². The maximum atomic E-state index is 13.3. The molecule has 0 bridgehead atoms. The molecule has 2 aromatic heterocycles. The fourth-order valence-corrected chi connectivity index (χ4v) is 3.12. The molecule has 1 aromatic carbocycles. The highest BCUT2D eigenvalue weighted by atomic mass is 32.2. The van der Waals surface area contributed by atoms with Crippen LogP contribution in [0.5, 0.6) is 0 Å². The Morgan fingerprint density at radius 2 is 1.84 bits per heavy atom. The Bertz CT molecular complexity index is 968. The molecule has 3 aromatic rings. The number of alkyl halides is 3. The van der Waals surface area contributed by atoms with Crippen molar-refractivity contribution in [3.63, 3.8) is 0 Å². The first-order valence-electron chi connectivity index (χ1n) is 6.68. The summed E-state index contributed by atoms with van der Waals surface area (Å²) in [5, 5.41) is 2.78. The quantitative estimate of drug-likeness (QED) is 0.703. The lowest BCUT2D eigenvalue weighted by Crippen LogP contribution is -2.38. The van der Waals surface area contributed by atoms with E-state index in [1.165, 1.54) is 23.3 Å². The van der Waals surface area contributed by atoms with Crippen molar-refractivity contribution in [3.05, 3.63) is 54.2 Å². The summed E-state index contributed by atoms with van der Waals surface area (Å²) in [6.45, 7) is 0. The van der Waals surface area contributed by atoms with Gasteiger partial charge in [0.05, 0.1) is 6.20 Å². The zero-order valence-corrected chi connectivity index (χ0v) is 13.0. The minimum Gasteiger partial charge on any atom is -0.259 e. The summed E-state index contributed by atoms with van der Waals surface area (Å²) in [7, 11) is -4.70. The van der Waals surface area contributed by atoms with Crippen molar-refractivity contribution in [1.82, 2.24) is 24.3 Å². The second kappa shape index (κ2) is 6.04. The van der Waals surface area contributed by atoms with E-state index < -0.39 is 38.8 Å². The second-order valence-electron chi connectivity index (χ2n) is 4.92. The monoisotopic (exact) mass is 375 g/mol. The van der Waals surface area contributed by atoms with Gasteiger partial charge in [-0.05, 0) is 17.7 Å². The molecule has 0 radical (unpaired) electrons. The molecule has 0 saturated carbocycles. The first kappa shape index (κ1) is 17.2. The van der Waals surface area contributed by atoms with Crippen LogP contribution in [0.2, 0.25) is 0 Å². The molecular weight excluding hydrogens is 366 g/mol. The molecule has 2 heterocycles. The average molecular weight is 375 g/mol. The van der Waals surface area contributed by atoms with E-state index in [0.29, 0.717) is 0 Å². The third-order valence-electron chi connectivity index (χ3n) is 3.17. The Hall–Kier alpha value is -2.60. The third-order valence-corrected chi connectivity index (χ3v) is 4.37. The molecule has 0 aliphatic heterocycles. The highest BCUT2D eigenvalue weighted by Crippen LogP contribution is 2.33. The van der Waals surface area contributed by atoms with E-state index >= 15 is 0 Å². The standard InChI is InChI=1S/C13H9F4N5O2S/c14-9-3-1-8(2-4-9)11(13(15,16)17)21-25(23,24)12-19-10-7-18-5-6-22(10)20-12/h1-7,11,21H/t11-/m1/s1. The largest absolute Gasteiger partial charge is 0.408 e. The summed E-state index contributed by atoms with van der Waals surface area (Å²) in [5.41, 5.74) is -0.420. The molecule has 0 aliphatic carbocycles. The normalized spacial score (nSPS) is 13.9. The number of nitrogens with zero attached hydrogens (tertiary/aromatic N) is 4. The van der Waals surface area contributed by atoms with Gasteiger partial charge in [0, 0.05) is 12.4 Å². The van der Waals surface area contributed by atoms with E-state index in [9.17, 15) is 26.0 Å². The van der Waals surface area contributed by atoms with Gasteiger partial charge in [0.15, 0.2) is 5.65 Å². The summed E-state index contributed by atoms with van der Waals surface area (Å²) in [4.78, 5) is 7.35. The minimum atomic E-state index is -4.95. The van der Waals surface area contributed by atoms with E-state index in [4.69, 9.17) is 0 Å². The van der Waals surface area contributed by atoms with Crippen molar-refractivity contribution < 1.29 is 26.0 Å². The maximum absolute atomic E-state index is 13.3. The molecule has 0 aliphatic rings. The van der Waals surface area contributed by atoms with Crippen molar-refractivity contribution in [2.24, 2.45) is 0 Å². The number of hydrogen-bond acceptors (Lipinski definition) is 5. The van der Waals surface area contributed by atoms with Gasteiger partial charge in [-0.3, -0.25) is 4.98 Å². The van der Waals surface area contributed by atoms with Crippen LogP contribution >= 0.6 is 0 Å². The van der Waals surface area contributed by atoms with Gasteiger partial charge in [0.25, 0.3) is 15.2 Å². The number of halogens is 4. The lowest BCUT2D eigenvalue weighted by atomic mass is 10.1. The van der Waals surface area contributed by atoms with Crippen molar-refractivity contribution >= 4 is 15.7 Å². The van der Waals surface area contributed by atoms with Gasteiger partial charge in [-0.1, -0.05) is 12.1 Å². The van der Waals surface area contributed by atoms with E-state index in [1.54, 1.807) is 0 Å². The Labute approximate surface area is 138 Å². The van der Waals surface area contributed by atoms with E-state index in [1.807, 2.05) is 0 Å². The van der Waals surface area contributed by atoms with Crippen LogP contribution < -0.4 is 4.72 Å². The predicted molar refractivity (Wildman–Crippen MR) is 76.3 cm³/mol. The first-order chi connectivity index (χ1) is 11.7. The molecule has 0 saturated heterocycles. The van der Waals surface area contributed by atoms with Gasteiger partial charge >= 0.3 is 6.18 Å². The van der Waals surface area contributed by atoms with Crippen LogP contribution in [0.1, 0.15) is 11.6 Å². The molecule has 1 N–H and O–H groups in total. The van der Waals surface area contributed by atoms with Crippen LogP contribution in [-0.2, 0) is 10.0 Å². The number of rotatable bonds is 4. The molecule has 0 amide bonds. The second-order valence-corrected chi connectivity index (χ2v) is 6.53. The molecule has 0 unspecified atom stereocenters. The van der Waals surface area contributed by atoms with Crippen LogP contribution in [0.3, 0.4) is 0 Å². The summed E-state index contributed by atoms with van der Waals surface area (Å²) < 4.78 is 79.8. The van der Waals surface area contributed by atoms with Crippen molar-refractivity contribution in [2.75, 3.05) is 0 Å². The van der Waals surface area contributed by atoms with Gasteiger partial charge in [0.2, 0.25) is 0 Å². The smallest absolute Gasteiger partial charge is 0.259 e. The molecule has 25 heavy (non-hydrogen) atoms. The topological polar surface area (TPSA) is 89.2 Å². The SMILES string of the molecule is O=S(=O)(N[C@H](c1ccc(F)cc1)C(F)(F)F)c1nc2cnccn2n1. The first-order valence-corrected chi connectivity index (χ1v) is 8.16. The number of fused-ring (bicyclic) bond motifs is 1. The summed E-state index contributed by atoms with van der Waals surface area (Å²) in [6, 6.07) is 0.713. The van der Waals surface area contributed by atoms with Gasteiger partial charge in [0.1, 0.15) is 11.9 Å². The Balaban J connectivity index is 1.99. The molecule has 3 rings (SSSR count). The van der Waals surface area contributed by atoms with Crippen molar-refractivity contribution in [3.8, 4) is 0 Å². The summed E-state index contributed by atoms with van der Waals surface area (Å²) >= 11 is 0. The predicted octanol–water partition coefficient (Wildman–Crippen LogP) is 1.85. The van der Waals surface area contributed by atoms with Crippen molar-refractivity contribution in [2.45, 2.75) is 17.4 Å². The van der Waals surface area contributed by atoms with E-state index in [0.717, 1.165) is 28.8 Å². The fourth-order valence-electron chi connectivity index (χ4n) is 2.02. The van der Waals surface area contributed by atoms with Gasteiger partial charge in [-0.25, -0.2) is 17.3 Å². The van der Waals surface area contributed by atoms with Crippen LogP contribution in [-0.4, -0.2) is 34.2 Å². The average Bonchev–Trinajstić information content (AvgIpc) is 2.98. The summed E-state index contributed by atoms with van der Waals surface area (Å²) in [5.74, 6) is -0.748. The lowest BCUT2D eigenvalue weighted by Gasteiger charge is -2.21. The Morgan fingerprint density at radius 1 is 1.16 bits per heavy atom. The molecule has 1 atom stereocenters. The zero-order valence-electron chi connectivity index (χ0n) is 12.1. The molecule has 132 valence electrons. The van der Waals surface area contributed by atoms with Crippen LogP contribution in [0.15, 0.2) is 48.0 Å². The highest BCUT2D eigenvalue weighted by Gasteiger charge is 2.44. The number of benzene rings is 1. The molecule has 0 fully saturated rings. The van der Waals surface area contributed by atoms with Crippen LogP contribution in [0.25, 0.3) is 5.65 Å². The fraction of sp³-hybridized carbons (Fsp3) is 0.154. The van der Waals surface area contributed by atoms with Crippen molar-refractivity contribution in [1.29, 1.82) is 0 Å². The number of nitrogens with one attached hydrogen (secondary N) is 1. The maximum Gasteiger partial charge on any atom is 0.408 e. The number of aromatic nitrogens is 4. The molecular formula is C13H9F4N5O2S. The van der Waals surface area contributed by atoms with Gasteiger partial charge in [-0.15, -0.1) is 5.10 Å². The van der Waals surface area contributed by atoms with Gasteiger partial charge < -0.3 is 0 Å². The molecule has 0 spiro atoms. The number of sulfonamides is 1. The molecule has 12 heteroatoms. The lowest BCUT2D eigenvalue weighted by molar-refractivity contribution is -0.153. The third kappa shape index (κ3) is 3.58. The minimum absolute atomic E-state index is 0.0493. The Morgan fingerprint density at radius 3 is 2.44 bits per heavy atom. The molecule has 7 nitrogen and oxygen atoms in total. The van der Waals surface area contributed by atoms with Crippen LogP contribution in [0.4, 0.5) is 17.6 Å². The summed E-state index contributed by atoms with van der Waals surface area (Å²) in [6.07, 6.45) is -1.15. The zero-order chi connectivity index (χ0) is 18.2. The number of hydrogen-bond donors (Lipinski definition) is 1. The van der Waals surface area contributed by atoms with E-state index in [2.05, 4.69) is 15.1 Å². The van der Waals surface area contributed by atoms with E-state index in [-0.39, 0.29) is 5.65 Å². The van der Waals surface area contributed by atoms with Crippen LogP contribution in [0, 0.1) is 5.82 Å².